The van der Waals surface area contributed by atoms with Crippen molar-refractivity contribution in [2.45, 2.75) is 45.1 Å². The molecule has 2 N–H and O–H groups in total. The fourth-order valence-electron chi connectivity index (χ4n) is 5.32. The smallest absolute Gasteiger partial charge is 0.385 e. The van der Waals surface area contributed by atoms with Gasteiger partial charge in [-0.15, -0.1) is 0 Å². The first-order valence-corrected chi connectivity index (χ1v) is 13.8. The van der Waals surface area contributed by atoms with Crippen LogP contribution < -0.4 is 10.6 Å². The molecule has 0 atom stereocenters. The molecule has 0 radical (unpaired) electrons. The van der Waals surface area contributed by atoms with Gasteiger partial charge in [0, 0.05) is 35.1 Å². The zero-order valence-corrected chi connectivity index (χ0v) is 23.3. The van der Waals surface area contributed by atoms with Crippen LogP contribution in [0.5, 0.6) is 0 Å². The van der Waals surface area contributed by atoms with Gasteiger partial charge in [0.25, 0.3) is 0 Å². The Balaban J connectivity index is 1.38. The minimum absolute atomic E-state index is 0.0706. The number of hydrogen-bond acceptors (Lipinski definition) is 6. The Morgan fingerprint density at radius 3 is 2.57 bits per heavy atom. The lowest BCUT2D eigenvalue weighted by molar-refractivity contribution is -0.137. The summed E-state index contributed by atoms with van der Waals surface area (Å²) in [5.41, 5.74) is 4.09. The summed E-state index contributed by atoms with van der Waals surface area (Å²) in [7, 11) is 0. The summed E-state index contributed by atoms with van der Waals surface area (Å²) >= 11 is 0. The van der Waals surface area contributed by atoms with E-state index in [0.29, 0.717) is 34.7 Å². The van der Waals surface area contributed by atoms with Crippen LogP contribution in [0.25, 0.3) is 22.2 Å². The predicted octanol–water partition coefficient (Wildman–Crippen LogP) is 8.26. The minimum Gasteiger partial charge on any atom is -0.385 e. The number of rotatable bonds is 7. The molecule has 3 aromatic carbocycles. The summed E-state index contributed by atoms with van der Waals surface area (Å²) in [4.78, 5) is 13.5. The molecule has 0 unspecified atom stereocenters. The van der Waals surface area contributed by atoms with Crippen LogP contribution in [0.3, 0.4) is 0 Å². The fraction of sp³-hybridized carbons (Fsp3) is 0.242. The van der Waals surface area contributed by atoms with Crippen molar-refractivity contribution in [3.63, 3.8) is 0 Å². The Hall–Kier alpha value is -4.50. The van der Waals surface area contributed by atoms with E-state index in [1.807, 2.05) is 36.4 Å². The van der Waals surface area contributed by atoms with Gasteiger partial charge in [-0.3, -0.25) is 4.98 Å². The summed E-state index contributed by atoms with van der Waals surface area (Å²) in [6, 6.07) is 23.3. The molecule has 214 valence electrons. The largest absolute Gasteiger partial charge is 0.418 e. The van der Waals surface area contributed by atoms with E-state index in [9.17, 15) is 13.2 Å². The molecule has 9 heteroatoms. The molecule has 1 aliphatic rings. The summed E-state index contributed by atoms with van der Waals surface area (Å²) in [5.74, 6) is 0.948. The Morgan fingerprint density at radius 1 is 0.929 bits per heavy atom. The Kier molecular flexibility index (Phi) is 7.28. The van der Waals surface area contributed by atoms with Crippen molar-refractivity contribution in [1.82, 2.24) is 15.0 Å². The van der Waals surface area contributed by atoms with E-state index in [2.05, 4.69) is 46.6 Å². The lowest BCUT2D eigenvalue weighted by Gasteiger charge is -2.33. The number of halogens is 3. The molecule has 6 nitrogen and oxygen atoms in total. The van der Waals surface area contributed by atoms with Crippen LogP contribution in [-0.2, 0) is 29.5 Å². The van der Waals surface area contributed by atoms with Crippen LogP contribution in [0.2, 0.25) is 0 Å². The summed E-state index contributed by atoms with van der Waals surface area (Å²) < 4.78 is 47.2. The first-order chi connectivity index (χ1) is 20.2. The Morgan fingerprint density at radius 2 is 1.76 bits per heavy atom. The van der Waals surface area contributed by atoms with Crippen molar-refractivity contribution in [3.8, 4) is 11.3 Å². The number of nitrogens with zero attached hydrogens (tertiary/aromatic N) is 3. The lowest BCUT2D eigenvalue weighted by Crippen LogP contribution is -2.28. The van der Waals surface area contributed by atoms with Crippen molar-refractivity contribution < 1.29 is 17.9 Å². The lowest BCUT2D eigenvalue weighted by atomic mass is 9.78. The van der Waals surface area contributed by atoms with Gasteiger partial charge in [-0.2, -0.15) is 13.2 Å². The van der Waals surface area contributed by atoms with E-state index in [-0.39, 0.29) is 17.7 Å². The van der Waals surface area contributed by atoms with Gasteiger partial charge in [0.15, 0.2) is 5.82 Å². The molecule has 2 aromatic heterocycles. The second-order valence-corrected chi connectivity index (χ2v) is 11.0. The first-order valence-electron chi connectivity index (χ1n) is 13.8. The number of ether oxygens (including phenoxy) is 1. The van der Waals surface area contributed by atoms with Gasteiger partial charge in [0.1, 0.15) is 12.4 Å². The number of fused-ring (bicyclic) bond motifs is 2. The molecule has 1 aliphatic heterocycles. The molecule has 0 bridgehead atoms. The number of hydrogen-bond donors (Lipinski definition) is 2. The fourth-order valence-corrected chi connectivity index (χ4v) is 5.32. The number of alkyl halides is 3. The highest BCUT2D eigenvalue weighted by atomic mass is 19.4. The van der Waals surface area contributed by atoms with Crippen molar-refractivity contribution in [3.05, 3.63) is 108 Å². The van der Waals surface area contributed by atoms with Gasteiger partial charge in [-0.25, -0.2) is 9.97 Å². The molecule has 0 fully saturated rings. The van der Waals surface area contributed by atoms with Crippen molar-refractivity contribution in [1.29, 1.82) is 0 Å². The molecular weight excluding hydrogens is 539 g/mol. The molecule has 0 spiro atoms. The minimum atomic E-state index is -4.54. The average molecular weight is 570 g/mol. The van der Waals surface area contributed by atoms with E-state index in [1.54, 1.807) is 18.2 Å². The van der Waals surface area contributed by atoms with Gasteiger partial charge < -0.3 is 15.4 Å². The molecule has 0 amide bonds. The third-order valence-corrected chi connectivity index (χ3v) is 7.55. The Bertz CT molecular complexity index is 1740. The van der Waals surface area contributed by atoms with Crippen LogP contribution in [0.15, 0.2) is 85.1 Å². The number of aromatic nitrogens is 3. The normalized spacial score (nSPS) is 14.3. The highest BCUT2D eigenvalue weighted by molar-refractivity contribution is 5.93. The molecule has 0 aliphatic carbocycles. The predicted molar refractivity (Wildman–Crippen MR) is 159 cm³/mol. The van der Waals surface area contributed by atoms with Gasteiger partial charge >= 0.3 is 6.18 Å². The zero-order valence-electron chi connectivity index (χ0n) is 23.3. The monoisotopic (exact) mass is 569 g/mol. The second-order valence-electron chi connectivity index (χ2n) is 11.0. The van der Waals surface area contributed by atoms with E-state index in [1.165, 1.54) is 17.8 Å². The van der Waals surface area contributed by atoms with E-state index in [0.717, 1.165) is 36.0 Å². The maximum Gasteiger partial charge on any atom is 0.418 e. The molecule has 0 saturated carbocycles. The molecule has 6 rings (SSSR count). The van der Waals surface area contributed by atoms with Crippen LogP contribution in [0.4, 0.5) is 30.4 Å². The highest BCUT2D eigenvalue weighted by Crippen LogP contribution is 2.39. The van der Waals surface area contributed by atoms with Gasteiger partial charge in [-0.05, 0) is 59.4 Å². The average Bonchev–Trinajstić information content (AvgIpc) is 2.97. The summed E-state index contributed by atoms with van der Waals surface area (Å²) in [6.07, 6.45) is -2.14. The Labute approximate surface area is 242 Å². The van der Waals surface area contributed by atoms with Crippen molar-refractivity contribution >= 4 is 28.1 Å². The molecule has 5 aromatic rings. The molecular formula is C33H30F3N5O. The van der Waals surface area contributed by atoms with Crippen LogP contribution in [0.1, 0.15) is 42.8 Å². The summed E-state index contributed by atoms with van der Waals surface area (Å²) in [6.45, 7) is 5.87. The number of pyridine rings is 1. The van der Waals surface area contributed by atoms with Gasteiger partial charge in [0.05, 0.1) is 23.4 Å². The van der Waals surface area contributed by atoms with E-state index < -0.39 is 11.7 Å². The van der Waals surface area contributed by atoms with Crippen molar-refractivity contribution in [2.24, 2.45) is 0 Å². The SMILES string of the molecule is CC1(C)CCNc2cc(Nc3nc(COCc4ccccc4)nc4cc(-c5ncccc5C(F)(F)F)ccc34)ccc21. The zero-order chi connectivity index (χ0) is 29.3. The van der Waals surface area contributed by atoms with Crippen LogP contribution in [-0.4, -0.2) is 21.5 Å². The highest BCUT2D eigenvalue weighted by Gasteiger charge is 2.34. The number of anilines is 3. The molecule has 0 saturated heterocycles. The quantitative estimate of drug-likeness (QED) is 0.206. The van der Waals surface area contributed by atoms with Gasteiger partial charge in [-0.1, -0.05) is 56.3 Å². The second kappa shape index (κ2) is 11.1. The van der Waals surface area contributed by atoms with E-state index in [4.69, 9.17) is 9.72 Å². The van der Waals surface area contributed by atoms with Crippen molar-refractivity contribution in [2.75, 3.05) is 17.2 Å². The van der Waals surface area contributed by atoms with E-state index >= 15 is 0 Å². The number of benzene rings is 3. The maximum atomic E-state index is 13.8. The molecule has 42 heavy (non-hydrogen) atoms. The third kappa shape index (κ3) is 5.78. The summed E-state index contributed by atoms with van der Waals surface area (Å²) in [5, 5.41) is 7.58. The maximum absolute atomic E-state index is 13.8. The van der Waals surface area contributed by atoms with Gasteiger partial charge in [0.2, 0.25) is 0 Å². The third-order valence-electron chi connectivity index (χ3n) is 7.55. The number of nitrogens with one attached hydrogen (secondary N) is 2. The molecule has 3 heterocycles. The first kappa shape index (κ1) is 27.7. The topological polar surface area (TPSA) is 72.0 Å². The standard InChI is InChI=1S/C33H30F3N5O/c1-32(2)14-16-37-28-18-23(11-13-25(28)32)39-31-24-12-10-22(30-26(33(34,35)36)9-6-15-38-30)17-27(24)40-29(41-31)20-42-19-21-7-4-3-5-8-21/h3-13,15,17-18,37H,14,16,19-20H2,1-2H3,(H,39,40,41). The van der Waals surface area contributed by atoms with Crippen LogP contribution >= 0.6 is 0 Å². The van der Waals surface area contributed by atoms with Crippen LogP contribution in [0, 0.1) is 0 Å².